The highest BCUT2D eigenvalue weighted by molar-refractivity contribution is 5.29. The molecule has 0 amide bonds. The molecule has 0 bridgehead atoms. The van der Waals surface area contributed by atoms with Crippen LogP contribution in [0.1, 0.15) is 45.0 Å². The molecule has 0 saturated heterocycles. The lowest BCUT2D eigenvalue weighted by atomic mass is 10.1. The molecule has 0 aliphatic rings. The highest BCUT2D eigenvalue weighted by Gasteiger charge is 2.05. The van der Waals surface area contributed by atoms with Crippen LogP contribution in [0.15, 0.2) is 6.07 Å². The van der Waals surface area contributed by atoms with E-state index in [0.717, 1.165) is 30.4 Å². The van der Waals surface area contributed by atoms with E-state index in [1.54, 1.807) is 0 Å². The van der Waals surface area contributed by atoms with Gasteiger partial charge < -0.3 is 10.6 Å². The van der Waals surface area contributed by atoms with Gasteiger partial charge in [-0.15, -0.1) is 0 Å². The zero-order chi connectivity index (χ0) is 12.8. The minimum Gasteiger partial charge on any atom is -0.353 e. The molecule has 0 saturated carbocycles. The monoisotopic (exact) mass is 236 g/mol. The van der Waals surface area contributed by atoms with Gasteiger partial charge >= 0.3 is 0 Å². The average Bonchev–Trinajstić information content (AvgIpc) is 2.23. The molecule has 0 aliphatic carbocycles. The van der Waals surface area contributed by atoms with E-state index < -0.39 is 0 Å². The number of hydrogen-bond donors (Lipinski definition) is 2. The highest BCUT2D eigenvalue weighted by Crippen LogP contribution is 2.13. The quantitative estimate of drug-likeness (QED) is 0.744. The smallest absolute Gasteiger partial charge is 0.223 e. The molecule has 0 fully saturated rings. The Kier molecular flexibility index (Phi) is 5.35. The fourth-order valence-corrected chi connectivity index (χ4v) is 1.50. The Morgan fingerprint density at radius 1 is 1.12 bits per heavy atom. The second-order valence-corrected chi connectivity index (χ2v) is 4.95. The SMILES string of the molecule is Cc1cc(C(C)C)nc(NCCNC(C)C)n1. The molecule has 0 unspecified atom stereocenters. The van der Waals surface area contributed by atoms with Crippen LogP contribution in [0.5, 0.6) is 0 Å². The Bertz CT molecular complexity index is 347. The second-order valence-electron chi connectivity index (χ2n) is 4.95. The lowest BCUT2D eigenvalue weighted by Crippen LogP contribution is -2.28. The Hall–Kier alpha value is -1.16. The van der Waals surface area contributed by atoms with Crippen LogP contribution in [-0.2, 0) is 0 Å². The third-order valence-corrected chi connectivity index (χ3v) is 2.43. The Labute approximate surface area is 104 Å². The molecule has 0 spiro atoms. The third-order valence-electron chi connectivity index (χ3n) is 2.43. The van der Waals surface area contributed by atoms with Crippen LogP contribution < -0.4 is 10.6 Å². The molecule has 96 valence electrons. The van der Waals surface area contributed by atoms with Crippen LogP contribution >= 0.6 is 0 Å². The largest absolute Gasteiger partial charge is 0.353 e. The topological polar surface area (TPSA) is 49.8 Å². The van der Waals surface area contributed by atoms with E-state index >= 15 is 0 Å². The van der Waals surface area contributed by atoms with E-state index in [-0.39, 0.29) is 0 Å². The van der Waals surface area contributed by atoms with Gasteiger partial charge in [0.15, 0.2) is 0 Å². The molecule has 17 heavy (non-hydrogen) atoms. The molecule has 0 radical (unpaired) electrons. The fourth-order valence-electron chi connectivity index (χ4n) is 1.50. The van der Waals surface area contributed by atoms with E-state index in [0.29, 0.717) is 12.0 Å². The van der Waals surface area contributed by atoms with Gasteiger partial charge in [0.05, 0.1) is 0 Å². The molecule has 1 rings (SSSR count). The van der Waals surface area contributed by atoms with Crippen LogP contribution in [0.3, 0.4) is 0 Å². The van der Waals surface area contributed by atoms with Crippen LogP contribution in [0.2, 0.25) is 0 Å². The maximum absolute atomic E-state index is 4.50. The highest BCUT2D eigenvalue weighted by atomic mass is 15.1. The Morgan fingerprint density at radius 2 is 1.82 bits per heavy atom. The summed E-state index contributed by atoms with van der Waals surface area (Å²) in [5.41, 5.74) is 2.11. The van der Waals surface area contributed by atoms with E-state index in [1.807, 2.05) is 13.0 Å². The van der Waals surface area contributed by atoms with Gasteiger partial charge in [0.25, 0.3) is 0 Å². The third kappa shape index (κ3) is 5.13. The molecule has 1 aromatic rings. The van der Waals surface area contributed by atoms with Crippen molar-refractivity contribution in [1.82, 2.24) is 15.3 Å². The fraction of sp³-hybridized carbons (Fsp3) is 0.692. The molecule has 0 atom stereocenters. The van der Waals surface area contributed by atoms with Crippen molar-refractivity contribution >= 4 is 5.95 Å². The summed E-state index contributed by atoms with van der Waals surface area (Å²) in [6.07, 6.45) is 0. The maximum atomic E-state index is 4.50. The van der Waals surface area contributed by atoms with Gasteiger partial charge in [-0.25, -0.2) is 9.97 Å². The van der Waals surface area contributed by atoms with Gasteiger partial charge in [-0.1, -0.05) is 27.7 Å². The lowest BCUT2D eigenvalue weighted by Gasteiger charge is -2.11. The first kappa shape index (κ1) is 13.9. The predicted molar refractivity (Wildman–Crippen MR) is 72.5 cm³/mol. The van der Waals surface area contributed by atoms with Crippen molar-refractivity contribution in [2.75, 3.05) is 18.4 Å². The number of hydrogen-bond acceptors (Lipinski definition) is 4. The summed E-state index contributed by atoms with van der Waals surface area (Å²) in [4.78, 5) is 8.88. The molecular weight excluding hydrogens is 212 g/mol. The van der Waals surface area contributed by atoms with Crippen LogP contribution in [0.25, 0.3) is 0 Å². The van der Waals surface area contributed by atoms with E-state index in [4.69, 9.17) is 0 Å². The Morgan fingerprint density at radius 3 is 2.41 bits per heavy atom. The molecule has 4 nitrogen and oxygen atoms in total. The maximum Gasteiger partial charge on any atom is 0.223 e. The van der Waals surface area contributed by atoms with Crippen LogP contribution in [0.4, 0.5) is 5.95 Å². The minimum absolute atomic E-state index is 0.436. The molecular formula is C13H24N4. The van der Waals surface area contributed by atoms with Crippen molar-refractivity contribution in [3.05, 3.63) is 17.5 Å². The number of nitrogens with zero attached hydrogens (tertiary/aromatic N) is 2. The number of aromatic nitrogens is 2. The lowest BCUT2D eigenvalue weighted by molar-refractivity contribution is 0.601. The molecule has 0 aromatic carbocycles. The predicted octanol–water partition coefficient (Wildman–Crippen LogP) is 2.32. The summed E-state index contributed by atoms with van der Waals surface area (Å²) in [5, 5.41) is 6.60. The molecule has 1 aromatic heterocycles. The standard InChI is InChI=1S/C13H24N4/c1-9(2)12-8-11(5)16-13(17-12)15-7-6-14-10(3)4/h8-10,14H,6-7H2,1-5H3,(H,15,16,17). The summed E-state index contributed by atoms with van der Waals surface area (Å²) < 4.78 is 0. The van der Waals surface area contributed by atoms with Crippen LogP contribution in [0, 0.1) is 6.92 Å². The summed E-state index contributed by atoms with van der Waals surface area (Å²) in [6.45, 7) is 12.3. The number of rotatable bonds is 6. The van der Waals surface area contributed by atoms with Crippen molar-refractivity contribution in [2.45, 2.75) is 46.6 Å². The van der Waals surface area contributed by atoms with Crippen molar-refractivity contribution < 1.29 is 0 Å². The first-order chi connectivity index (χ1) is 7.99. The van der Waals surface area contributed by atoms with Crippen molar-refractivity contribution in [2.24, 2.45) is 0 Å². The normalized spacial score (nSPS) is 11.2. The number of anilines is 1. The van der Waals surface area contributed by atoms with E-state index in [2.05, 4.69) is 48.3 Å². The van der Waals surface area contributed by atoms with Crippen LogP contribution in [-0.4, -0.2) is 29.1 Å². The molecule has 1 heterocycles. The first-order valence-corrected chi connectivity index (χ1v) is 6.32. The van der Waals surface area contributed by atoms with Crippen molar-refractivity contribution in [3.63, 3.8) is 0 Å². The Balaban J connectivity index is 2.53. The first-order valence-electron chi connectivity index (χ1n) is 6.32. The van der Waals surface area contributed by atoms with Crippen molar-refractivity contribution in [3.8, 4) is 0 Å². The van der Waals surface area contributed by atoms with Gasteiger partial charge in [0.1, 0.15) is 0 Å². The minimum atomic E-state index is 0.436. The van der Waals surface area contributed by atoms with Gasteiger partial charge in [0.2, 0.25) is 5.95 Å². The number of aryl methyl sites for hydroxylation is 1. The van der Waals surface area contributed by atoms with E-state index in [9.17, 15) is 0 Å². The zero-order valence-corrected chi connectivity index (χ0v) is 11.5. The summed E-state index contributed by atoms with van der Waals surface area (Å²) >= 11 is 0. The molecule has 2 N–H and O–H groups in total. The van der Waals surface area contributed by atoms with Gasteiger partial charge in [0, 0.05) is 30.5 Å². The number of nitrogens with one attached hydrogen (secondary N) is 2. The summed E-state index contributed by atoms with van der Waals surface area (Å²) in [7, 11) is 0. The second kappa shape index (κ2) is 6.55. The molecule has 0 aliphatic heterocycles. The van der Waals surface area contributed by atoms with Gasteiger partial charge in [-0.05, 0) is 18.9 Å². The van der Waals surface area contributed by atoms with Gasteiger partial charge in [-0.2, -0.15) is 0 Å². The zero-order valence-electron chi connectivity index (χ0n) is 11.5. The van der Waals surface area contributed by atoms with Crippen molar-refractivity contribution in [1.29, 1.82) is 0 Å². The summed E-state index contributed by atoms with van der Waals surface area (Å²) in [6, 6.07) is 2.56. The average molecular weight is 236 g/mol. The van der Waals surface area contributed by atoms with Gasteiger partial charge in [-0.3, -0.25) is 0 Å². The van der Waals surface area contributed by atoms with E-state index in [1.165, 1.54) is 0 Å². The molecule has 4 heteroatoms. The summed E-state index contributed by atoms with van der Waals surface area (Å²) in [5.74, 6) is 1.17.